The van der Waals surface area contributed by atoms with Gasteiger partial charge in [-0.2, -0.15) is 0 Å². The number of carboxylic acids is 1. The average Bonchev–Trinajstić information content (AvgIpc) is 2.30. The van der Waals surface area contributed by atoms with Crippen molar-refractivity contribution in [3.63, 3.8) is 0 Å². The van der Waals surface area contributed by atoms with Crippen LogP contribution in [0.15, 0.2) is 24.3 Å². The monoisotopic (exact) mass is 292 g/mol. The zero-order chi connectivity index (χ0) is 13.5. The SMILES string of the molecule is CCCC(Oc1ccccc1OC(Cl)Cl)C(=O)O. The summed E-state index contributed by atoms with van der Waals surface area (Å²) in [7, 11) is 0. The van der Waals surface area contributed by atoms with Gasteiger partial charge in [0.2, 0.25) is 5.02 Å². The first-order valence-electron chi connectivity index (χ1n) is 5.48. The quantitative estimate of drug-likeness (QED) is 0.782. The zero-order valence-electron chi connectivity index (χ0n) is 9.81. The minimum Gasteiger partial charge on any atom is -0.479 e. The normalized spacial score (nSPS) is 12.2. The molecule has 1 N–H and O–H groups in total. The molecule has 0 fully saturated rings. The Morgan fingerprint density at radius 3 is 2.28 bits per heavy atom. The predicted molar refractivity (Wildman–Crippen MR) is 69.5 cm³/mol. The fourth-order valence-electron chi connectivity index (χ4n) is 1.39. The number of para-hydroxylation sites is 2. The van der Waals surface area contributed by atoms with Gasteiger partial charge in [0, 0.05) is 0 Å². The van der Waals surface area contributed by atoms with Gasteiger partial charge in [-0.1, -0.05) is 48.7 Å². The van der Waals surface area contributed by atoms with Crippen LogP contribution < -0.4 is 9.47 Å². The number of benzene rings is 1. The highest BCUT2D eigenvalue weighted by Crippen LogP contribution is 2.30. The fraction of sp³-hybridized carbons (Fsp3) is 0.417. The summed E-state index contributed by atoms with van der Waals surface area (Å²) in [6, 6.07) is 6.65. The van der Waals surface area contributed by atoms with Crippen LogP contribution in [0.5, 0.6) is 11.5 Å². The fourth-order valence-corrected chi connectivity index (χ4v) is 1.58. The highest BCUT2D eigenvalue weighted by Gasteiger charge is 2.20. The Morgan fingerprint density at radius 1 is 1.28 bits per heavy atom. The number of carboxylic acid groups (broad SMARTS) is 1. The van der Waals surface area contributed by atoms with E-state index in [9.17, 15) is 4.79 Å². The van der Waals surface area contributed by atoms with Crippen LogP contribution in [0.2, 0.25) is 0 Å². The molecule has 0 heterocycles. The maximum absolute atomic E-state index is 11.0. The third-order valence-electron chi connectivity index (χ3n) is 2.16. The smallest absolute Gasteiger partial charge is 0.344 e. The van der Waals surface area contributed by atoms with E-state index in [0.29, 0.717) is 24.3 Å². The first-order valence-corrected chi connectivity index (χ1v) is 6.35. The van der Waals surface area contributed by atoms with Gasteiger partial charge in [-0.05, 0) is 18.6 Å². The molecule has 1 aromatic carbocycles. The molecule has 0 aliphatic rings. The van der Waals surface area contributed by atoms with Crippen molar-refractivity contribution in [2.75, 3.05) is 0 Å². The number of hydrogen-bond acceptors (Lipinski definition) is 3. The Balaban J connectivity index is 2.84. The molecule has 0 radical (unpaired) electrons. The Hall–Kier alpha value is -1.13. The lowest BCUT2D eigenvalue weighted by Crippen LogP contribution is -2.27. The molecule has 1 atom stereocenters. The first-order chi connectivity index (χ1) is 8.54. The van der Waals surface area contributed by atoms with Crippen LogP contribution in [0.4, 0.5) is 0 Å². The molecule has 4 nitrogen and oxygen atoms in total. The highest BCUT2D eigenvalue weighted by atomic mass is 35.5. The summed E-state index contributed by atoms with van der Waals surface area (Å²) >= 11 is 11.0. The molecule has 18 heavy (non-hydrogen) atoms. The van der Waals surface area contributed by atoms with Crippen LogP contribution in [0.1, 0.15) is 19.8 Å². The van der Waals surface area contributed by atoms with Gasteiger partial charge >= 0.3 is 5.97 Å². The molecular weight excluding hydrogens is 279 g/mol. The minimum atomic E-state index is -1.04. The van der Waals surface area contributed by atoms with Gasteiger partial charge in [-0.15, -0.1) is 0 Å². The second-order valence-electron chi connectivity index (χ2n) is 3.56. The summed E-state index contributed by atoms with van der Waals surface area (Å²) in [6.07, 6.45) is 0.200. The lowest BCUT2D eigenvalue weighted by atomic mass is 10.2. The van der Waals surface area contributed by atoms with Crippen LogP contribution in [0.25, 0.3) is 0 Å². The van der Waals surface area contributed by atoms with E-state index in [-0.39, 0.29) is 0 Å². The van der Waals surface area contributed by atoms with Crippen LogP contribution in [-0.4, -0.2) is 22.2 Å². The van der Waals surface area contributed by atoms with Crippen molar-refractivity contribution in [3.8, 4) is 11.5 Å². The maximum Gasteiger partial charge on any atom is 0.344 e. The second kappa shape index (κ2) is 7.34. The maximum atomic E-state index is 11.0. The Labute approximate surface area is 115 Å². The summed E-state index contributed by atoms with van der Waals surface area (Å²) in [5, 5.41) is 7.98. The van der Waals surface area contributed by atoms with Gasteiger partial charge in [-0.3, -0.25) is 0 Å². The molecule has 0 aliphatic heterocycles. The van der Waals surface area contributed by atoms with Gasteiger partial charge in [0.15, 0.2) is 17.6 Å². The number of aliphatic carboxylic acids is 1. The van der Waals surface area contributed by atoms with E-state index in [1.165, 1.54) is 0 Å². The van der Waals surface area contributed by atoms with Crippen LogP contribution in [-0.2, 0) is 4.79 Å². The molecule has 0 spiro atoms. The first kappa shape index (κ1) is 14.9. The van der Waals surface area contributed by atoms with Crippen molar-refractivity contribution >= 4 is 29.2 Å². The molecule has 100 valence electrons. The van der Waals surface area contributed by atoms with Gasteiger partial charge in [0.05, 0.1) is 0 Å². The molecule has 1 aromatic rings. The van der Waals surface area contributed by atoms with E-state index < -0.39 is 17.1 Å². The molecular formula is C12H14Cl2O4. The Bertz CT molecular complexity index is 395. The van der Waals surface area contributed by atoms with Gasteiger partial charge in [0.1, 0.15) is 0 Å². The van der Waals surface area contributed by atoms with Crippen molar-refractivity contribution in [1.29, 1.82) is 0 Å². The van der Waals surface area contributed by atoms with E-state index in [1.807, 2.05) is 6.92 Å². The standard InChI is InChI=1S/C12H14Cl2O4/c1-2-5-10(11(15)16)17-8-6-3-4-7-9(8)18-12(13)14/h3-4,6-7,10,12H,2,5H2,1H3,(H,15,16). The second-order valence-corrected chi connectivity index (χ2v) is 4.57. The van der Waals surface area contributed by atoms with E-state index in [1.54, 1.807) is 24.3 Å². The molecule has 6 heteroatoms. The number of alkyl halides is 2. The van der Waals surface area contributed by atoms with Gasteiger partial charge in [0.25, 0.3) is 0 Å². The van der Waals surface area contributed by atoms with Crippen molar-refractivity contribution in [2.45, 2.75) is 30.9 Å². The Morgan fingerprint density at radius 2 is 1.83 bits per heavy atom. The zero-order valence-corrected chi connectivity index (χ0v) is 11.3. The number of hydrogen-bond donors (Lipinski definition) is 1. The largest absolute Gasteiger partial charge is 0.479 e. The van der Waals surface area contributed by atoms with Gasteiger partial charge < -0.3 is 14.6 Å². The summed E-state index contributed by atoms with van der Waals surface area (Å²) < 4.78 is 10.5. The summed E-state index contributed by atoms with van der Waals surface area (Å²) in [4.78, 5) is 11.0. The lowest BCUT2D eigenvalue weighted by molar-refractivity contribution is -0.145. The van der Waals surface area contributed by atoms with E-state index in [2.05, 4.69) is 0 Å². The van der Waals surface area contributed by atoms with E-state index >= 15 is 0 Å². The molecule has 0 aromatic heterocycles. The molecule has 0 aliphatic carbocycles. The number of ether oxygens (including phenoxy) is 2. The van der Waals surface area contributed by atoms with Crippen molar-refractivity contribution in [2.24, 2.45) is 0 Å². The van der Waals surface area contributed by atoms with Gasteiger partial charge in [-0.25, -0.2) is 4.79 Å². The lowest BCUT2D eigenvalue weighted by Gasteiger charge is -2.17. The van der Waals surface area contributed by atoms with Crippen LogP contribution in [0.3, 0.4) is 0 Å². The number of halogens is 2. The topological polar surface area (TPSA) is 55.8 Å². The van der Waals surface area contributed by atoms with Crippen molar-refractivity contribution in [3.05, 3.63) is 24.3 Å². The molecule has 1 unspecified atom stereocenters. The molecule has 0 amide bonds. The van der Waals surface area contributed by atoms with Crippen molar-refractivity contribution < 1.29 is 19.4 Å². The summed E-state index contributed by atoms with van der Waals surface area (Å²) in [6.45, 7) is 1.88. The predicted octanol–water partition coefficient (Wildman–Crippen LogP) is 3.46. The highest BCUT2D eigenvalue weighted by molar-refractivity contribution is 6.43. The van der Waals surface area contributed by atoms with Crippen LogP contribution >= 0.6 is 23.2 Å². The van der Waals surface area contributed by atoms with Crippen molar-refractivity contribution in [1.82, 2.24) is 0 Å². The van der Waals surface area contributed by atoms with Crippen LogP contribution in [0, 0.1) is 0 Å². The number of rotatable bonds is 7. The third kappa shape index (κ3) is 4.63. The minimum absolute atomic E-state index is 0.310. The van der Waals surface area contributed by atoms with E-state index in [4.69, 9.17) is 37.8 Å². The molecule has 0 saturated carbocycles. The number of carbonyl (C=O) groups is 1. The van der Waals surface area contributed by atoms with E-state index in [0.717, 1.165) is 0 Å². The summed E-state index contributed by atoms with van der Waals surface area (Å²) in [5.41, 5.74) is 0. The molecule has 0 bridgehead atoms. The molecule has 0 saturated heterocycles. The third-order valence-corrected chi connectivity index (χ3v) is 2.34. The molecule has 1 rings (SSSR count). The summed E-state index contributed by atoms with van der Waals surface area (Å²) in [5.74, 6) is -0.389. The Kier molecular flexibility index (Phi) is 6.09. The average molecular weight is 293 g/mol.